The Hall–Kier alpha value is -3.21. The number of allylic oxidation sites excluding steroid dienone is 1. The van der Waals surface area contributed by atoms with E-state index in [1.165, 1.54) is 11.8 Å². The van der Waals surface area contributed by atoms with Crippen LogP contribution in [-0.4, -0.2) is 66.6 Å². The molecule has 1 unspecified atom stereocenters. The number of carbonyl (C=O) groups excluding carboxylic acids is 1. The molecule has 178 valence electrons. The highest BCUT2D eigenvalue weighted by molar-refractivity contribution is 7.99. The van der Waals surface area contributed by atoms with Crippen LogP contribution in [0, 0.1) is 0 Å². The van der Waals surface area contributed by atoms with E-state index in [1.807, 2.05) is 48.4 Å². The first-order chi connectivity index (χ1) is 17.1. The Morgan fingerprint density at radius 1 is 1.20 bits per heavy atom. The lowest BCUT2D eigenvalue weighted by Gasteiger charge is -2.27. The van der Waals surface area contributed by atoms with Gasteiger partial charge in [0.05, 0.1) is 35.5 Å². The third-order valence-corrected chi connectivity index (χ3v) is 7.65. The maximum absolute atomic E-state index is 13.0. The Labute approximate surface area is 210 Å². The predicted octanol–water partition coefficient (Wildman–Crippen LogP) is 3.65. The Bertz CT molecular complexity index is 1460. The monoisotopic (exact) mass is 507 g/mol. The fraction of sp³-hybridized carbons (Fsp3) is 0.292. The summed E-state index contributed by atoms with van der Waals surface area (Å²) < 4.78 is 9.28. The van der Waals surface area contributed by atoms with Crippen molar-refractivity contribution in [3.63, 3.8) is 0 Å². The molecule has 1 aromatic carbocycles. The first-order valence-electron chi connectivity index (χ1n) is 11.3. The van der Waals surface area contributed by atoms with Gasteiger partial charge in [0.15, 0.2) is 11.0 Å². The second-order valence-electron chi connectivity index (χ2n) is 8.54. The van der Waals surface area contributed by atoms with E-state index in [4.69, 9.17) is 16.3 Å². The first kappa shape index (κ1) is 22.3. The van der Waals surface area contributed by atoms with E-state index in [2.05, 4.69) is 30.9 Å². The number of carbonyl (C=O) groups is 1. The molecule has 1 saturated heterocycles. The summed E-state index contributed by atoms with van der Waals surface area (Å²) in [5.41, 5.74) is 2.30. The van der Waals surface area contributed by atoms with Crippen LogP contribution < -0.4 is 0 Å². The van der Waals surface area contributed by atoms with E-state index >= 15 is 0 Å². The number of rotatable bonds is 4. The Balaban J connectivity index is 1.28. The van der Waals surface area contributed by atoms with E-state index in [9.17, 15) is 4.79 Å². The van der Waals surface area contributed by atoms with Gasteiger partial charge in [0.2, 0.25) is 0 Å². The largest absolute Gasteiger partial charge is 0.378 e. The molecule has 1 amide bonds. The second-order valence-corrected chi connectivity index (χ2v) is 9.95. The Morgan fingerprint density at radius 3 is 2.86 bits per heavy atom. The highest BCUT2D eigenvalue weighted by Gasteiger charge is 2.24. The van der Waals surface area contributed by atoms with Gasteiger partial charge in [0.1, 0.15) is 0 Å². The molecule has 1 fully saturated rings. The van der Waals surface area contributed by atoms with Gasteiger partial charge in [-0.3, -0.25) is 14.5 Å². The van der Waals surface area contributed by atoms with Crippen LogP contribution in [0.5, 0.6) is 0 Å². The highest BCUT2D eigenvalue weighted by Crippen LogP contribution is 2.35. The zero-order valence-electron chi connectivity index (χ0n) is 19.0. The molecular formula is C24H22ClN7O2S. The van der Waals surface area contributed by atoms with Crippen LogP contribution in [0.15, 0.2) is 52.9 Å². The molecule has 35 heavy (non-hydrogen) atoms. The number of pyridine rings is 1. The van der Waals surface area contributed by atoms with Gasteiger partial charge >= 0.3 is 0 Å². The number of amides is 1. The number of hydrogen-bond donors (Lipinski definition) is 0. The van der Waals surface area contributed by atoms with Crippen molar-refractivity contribution >= 4 is 46.2 Å². The second kappa shape index (κ2) is 9.10. The number of aryl methyl sites for hydroxylation is 1. The molecular weight excluding hydrogens is 486 g/mol. The Kier molecular flexibility index (Phi) is 5.79. The average Bonchev–Trinajstić information content (AvgIpc) is 3.50. The number of ether oxygens (including phenoxy) is 1. The quantitative estimate of drug-likeness (QED) is 0.416. The molecule has 6 rings (SSSR count). The predicted molar refractivity (Wildman–Crippen MR) is 133 cm³/mol. The summed E-state index contributed by atoms with van der Waals surface area (Å²) in [5.74, 6) is 0.910. The summed E-state index contributed by atoms with van der Waals surface area (Å²) in [6, 6.07) is 5.86. The van der Waals surface area contributed by atoms with Gasteiger partial charge in [-0.25, -0.2) is 0 Å². The van der Waals surface area contributed by atoms with Crippen LogP contribution in [-0.2, 0) is 18.3 Å². The molecule has 2 aliphatic heterocycles. The van der Waals surface area contributed by atoms with E-state index in [0.29, 0.717) is 36.9 Å². The molecule has 4 aromatic rings. The molecule has 0 spiro atoms. The van der Waals surface area contributed by atoms with Crippen molar-refractivity contribution in [3.8, 4) is 0 Å². The van der Waals surface area contributed by atoms with Crippen LogP contribution in [0.4, 0.5) is 0 Å². The van der Waals surface area contributed by atoms with Crippen molar-refractivity contribution in [3.05, 3.63) is 64.8 Å². The third-order valence-electron chi connectivity index (χ3n) is 6.27. The highest BCUT2D eigenvalue weighted by atomic mass is 35.5. The van der Waals surface area contributed by atoms with Crippen LogP contribution in [0.3, 0.4) is 0 Å². The molecule has 0 N–H and O–H groups in total. The van der Waals surface area contributed by atoms with Crippen molar-refractivity contribution < 1.29 is 9.53 Å². The normalized spacial score (nSPS) is 17.7. The minimum atomic E-state index is -0.120. The van der Waals surface area contributed by atoms with Crippen molar-refractivity contribution in [2.45, 2.75) is 22.5 Å². The number of hydrogen-bond acceptors (Lipinski definition) is 7. The number of fused-ring (bicyclic) bond motifs is 2. The first-order valence-corrected chi connectivity index (χ1v) is 12.5. The fourth-order valence-electron chi connectivity index (χ4n) is 4.37. The summed E-state index contributed by atoms with van der Waals surface area (Å²) in [7, 11) is 1.92. The van der Waals surface area contributed by atoms with E-state index in [1.54, 1.807) is 11.1 Å². The van der Waals surface area contributed by atoms with Crippen molar-refractivity contribution in [1.82, 2.24) is 34.4 Å². The molecule has 1 atom stereocenters. The van der Waals surface area contributed by atoms with Gasteiger partial charge in [-0.1, -0.05) is 17.7 Å². The molecule has 0 bridgehead atoms. The molecule has 3 aromatic heterocycles. The van der Waals surface area contributed by atoms with Gasteiger partial charge in [-0.2, -0.15) is 5.10 Å². The maximum Gasteiger partial charge on any atom is 0.257 e. The molecule has 11 heteroatoms. The lowest BCUT2D eigenvalue weighted by molar-refractivity contribution is 0.0303. The summed E-state index contributed by atoms with van der Waals surface area (Å²) >= 11 is 8.25. The Morgan fingerprint density at radius 2 is 2.06 bits per heavy atom. The zero-order valence-corrected chi connectivity index (χ0v) is 20.5. The number of aromatic nitrogens is 6. The van der Waals surface area contributed by atoms with Gasteiger partial charge in [-0.05, 0) is 41.6 Å². The lowest BCUT2D eigenvalue weighted by atomic mass is 10.00. The van der Waals surface area contributed by atoms with Crippen LogP contribution in [0.1, 0.15) is 27.7 Å². The summed E-state index contributed by atoms with van der Waals surface area (Å²) in [6.07, 6.45) is 9.64. The zero-order chi connectivity index (χ0) is 23.9. The van der Waals surface area contributed by atoms with Crippen molar-refractivity contribution in [2.24, 2.45) is 7.05 Å². The molecule has 0 saturated carbocycles. The third kappa shape index (κ3) is 4.22. The SMILES string of the molecule is Cn1cc(C2C=Cc3nnc(Sc4ccc5ncc(C(=O)N6CCOCC6)c(Cl)c5c4)n3C2)cn1. The standard InChI is InChI=1S/C24H22ClN7O2S/c1-30-13-16(11-27-30)15-2-5-21-28-29-24(32(21)14-15)35-17-3-4-20-18(10-17)22(25)19(12-26-20)23(33)31-6-8-34-9-7-31/h2-5,10-13,15H,6-9,14H2,1H3. The van der Waals surface area contributed by atoms with Crippen molar-refractivity contribution in [1.29, 1.82) is 0 Å². The molecule has 0 aliphatic carbocycles. The number of halogens is 1. The lowest BCUT2D eigenvalue weighted by Crippen LogP contribution is -2.40. The summed E-state index contributed by atoms with van der Waals surface area (Å²) in [4.78, 5) is 20.2. The van der Waals surface area contributed by atoms with Gasteiger partial charge < -0.3 is 14.2 Å². The summed E-state index contributed by atoms with van der Waals surface area (Å²) in [5, 5.41) is 15.0. The minimum Gasteiger partial charge on any atom is -0.378 e. The van der Waals surface area contributed by atoms with Gasteiger partial charge in [0.25, 0.3) is 5.91 Å². The number of morpholine rings is 1. The summed E-state index contributed by atoms with van der Waals surface area (Å²) in [6.45, 7) is 2.90. The molecule has 5 heterocycles. The minimum absolute atomic E-state index is 0.120. The molecule has 2 aliphatic rings. The smallest absolute Gasteiger partial charge is 0.257 e. The fourth-order valence-corrected chi connectivity index (χ4v) is 5.54. The topological polar surface area (TPSA) is 91.0 Å². The molecule has 0 radical (unpaired) electrons. The van der Waals surface area contributed by atoms with Crippen LogP contribution in [0.2, 0.25) is 5.02 Å². The van der Waals surface area contributed by atoms with Crippen LogP contribution >= 0.6 is 23.4 Å². The van der Waals surface area contributed by atoms with E-state index < -0.39 is 0 Å². The average molecular weight is 508 g/mol. The van der Waals surface area contributed by atoms with E-state index in [0.717, 1.165) is 38.9 Å². The van der Waals surface area contributed by atoms with Crippen LogP contribution in [0.25, 0.3) is 17.0 Å². The molecule has 9 nitrogen and oxygen atoms in total. The number of benzene rings is 1. The van der Waals surface area contributed by atoms with Gasteiger partial charge in [-0.15, -0.1) is 10.2 Å². The maximum atomic E-state index is 13.0. The van der Waals surface area contributed by atoms with Gasteiger partial charge in [0, 0.05) is 55.3 Å². The van der Waals surface area contributed by atoms with Crippen molar-refractivity contribution in [2.75, 3.05) is 26.3 Å². The number of nitrogens with zero attached hydrogens (tertiary/aromatic N) is 7. The van der Waals surface area contributed by atoms with E-state index in [-0.39, 0.29) is 11.8 Å².